The number of benzene rings is 1. The highest BCUT2D eigenvalue weighted by Crippen LogP contribution is 2.26. The second-order valence-corrected chi connectivity index (χ2v) is 4.62. The Hall–Kier alpha value is -0.250. The Labute approximate surface area is 104 Å². The van der Waals surface area contributed by atoms with Gasteiger partial charge in [0, 0.05) is 27.8 Å². The molecule has 0 amide bonds. The molecule has 1 aromatic carbocycles. The van der Waals surface area contributed by atoms with Gasteiger partial charge in [0.2, 0.25) is 0 Å². The van der Waals surface area contributed by atoms with Crippen LogP contribution in [0.2, 0.25) is 5.02 Å². The minimum atomic E-state index is 0.280. The van der Waals surface area contributed by atoms with E-state index in [1.165, 1.54) is 0 Å². The monoisotopic (exact) mass is 291 g/mol. The minimum Gasteiger partial charge on any atom is -0.380 e. The summed E-state index contributed by atoms with van der Waals surface area (Å²) in [6.45, 7) is 5.51. The van der Waals surface area contributed by atoms with Gasteiger partial charge in [0.1, 0.15) is 0 Å². The van der Waals surface area contributed by atoms with Gasteiger partial charge in [0.05, 0.1) is 6.61 Å². The second kappa shape index (κ2) is 6.36. The molecule has 0 aliphatic heterocycles. The Morgan fingerprint density at radius 3 is 2.87 bits per heavy atom. The predicted octanol–water partition coefficient (Wildman–Crippen LogP) is 3.94. The van der Waals surface area contributed by atoms with Crippen molar-refractivity contribution in [2.24, 2.45) is 0 Å². The molecule has 0 saturated heterocycles. The van der Waals surface area contributed by atoms with Gasteiger partial charge in [-0.2, -0.15) is 0 Å². The molecule has 4 heteroatoms. The van der Waals surface area contributed by atoms with Crippen LogP contribution in [0.3, 0.4) is 0 Å². The van der Waals surface area contributed by atoms with Crippen LogP contribution in [-0.2, 0) is 4.74 Å². The third-order valence-corrected chi connectivity index (χ3v) is 2.80. The van der Waals surface area contributed by atoms with Crippen LogP contribution in [0.1, 0.15) is 13.8 Å². The molecule has 0 aliphatic rings. The van der Waals surface area contributed by atoms with Crippen molar-refractivity contribution in [2.75, 3.05) is 18.5 Å². The average molecular weight is 293 g/mol. The number of hydrogen-bond acceptors (Lipinski definition) is 2. The van der Waals surface area contributed by atoms with E-state index in [4.69, 9.17) is 16.3 Å². The van der Waals surface area contributed by atoms with Gasteiger partial charge in [-0.25, -0.2) is 0 Å². The van der Waals surface area contributed by atoms with Crippen LogP contribution in [0.4, 0.5) is 5.69 Å². The third-order valence-electron chi connectivity index (χ3n) is 1.91. The van der Waals surface area contributed by atoms with Crippen molar-refractivity contribution in [2.45, 2.75) is 19.9 Å². The van der Waals surface area contributed by atoms with Crippen LogP contribution in [0, 0.1) is 0 Å². The van der Waals surface area contributed by atoms with Crippen LogP contribution in [-0.4, -0.2) is 19.3 Å². The molecule has 1 N–H and O–H groups in total. The number of nitrogens with one attached hydrogen (secondary N) is 1. The highest BCUT2D eigenvalue weighted by Gasteiger charge is 2.05. The maximum atomic E-state index is 5.85. The molecule has 0 aliphatic carbocycles. The summed E-state index contributed by atoms with van der Waals surface area (Å²) in [7, 11) is 0. The van der Waals surface area contributed by atoms with E-state index >= 15 is 0 Å². The lowest BCUT2D eigenvalue weighted by Crippen LogP contribution is -2.21. The molecule has 15 heavy (non-hydrogen) atoms. The molecule has 0 radical (unpaired) electrons. The summed E-state index contributed by atoms with van der Waals surface area (Å²) in [5.74, 6) is 0. The van der Waals surface area contributed by atoms with Gasteiger partial charge in [0.25, 0.3) is 0 Å². The Balaban J connectivity index is 2.56. The zero-order valence-electron chi connectivity index (χ0n) is 8.89. The summed E-state index contributed by atoms with van der Waals surface area (Å²) in [5.41, 5.74) is 1.03. The Morgan fingerprint density at radius 2 is 2.27 bits per heavy atom. The Bertz CT molecular complexity index is 319. The van der Waals surface area contributed by atoms with Gasteiger partial charge in [0.15, 0.2) is 0 Å². The molecule has 0 fully saturated rings. The Kier molecular flexibility index (Phi) is 5.43. The zero-order chi connectivity index (χ0) is 11.3. The first-order valence-electron chi connectivity index (χ1n) is 4.92. The predicted molar refractivity (Wildman–Crippen MR) is 68.7 cm³/mol. The van der Waals surface area contributed by atoms with E-state index in [0.29, 0.717) is 6.61 Å². The van der Waals surface area contributed by atoms with Crippen molar-refractivity contribution < 1.29 is 4.74 Å². The molecule has 0 aromatic heterocycles. The average Bonchev–Trinajstić information content (AvgIpc) is 2.19. The molecule has 1 aromatic rings. The van der Waals surface area contributed by atoms with E-state index in [-0.39, 0.29) is 6.04 Å². The summed E-state index contributed by atoms with van der Waals surface area (Å²) >= 11 is 9.31. The van der Waals surface area contributed by atoms with Gasteiger partial charge in [-0.15, -0.1) is 0 Å². The molecule has 0 spiro atoms. The largest absolute Gasteiger partial charge is 0.380 e. The number of rotatable bonds is 5. The van der Waals surface area contributed by atoms with Crippen LogP contribution in [0.5, 0.6) is 0 Å². The highest BCUT2D eigenvalue weighted by atomic mass is 79.9. The van der Waals surface area contributed by atoms with Crippen molar-refractivity contribution >= 4 is 33.2 Å². The van der Waals surface area contributed by atoms with Crippen molar-refractivity contribution in [3.63, 3.8) is 0 Å². The number of ether oxygens (including phenoxy) is 1. The molecule has 1 unspecified atom stereocenters. The molecule has 1 rings (SSSR count). The molecule has 0 bridgehead atoms. The molecular weight excluding hydrogens is 277 g/mol. The topological polar surface area (TPSA) is 21.3 Å². The molecular formula is C11H15BrClNO. The van der Waals surface area contributed by atoms with E-state index in [1.807, 2.05) is 25.1 Å². The second-order valence-electron chi connectivity index (χ2n) is 3.33. The fourth-order valence-corrected chi connectivity index (χ4v) is 2.01. The molecule has 0 saturated carbocycles. The molecule has 2 nitrogen and oxygen atoms in total. The lowest BCUT2D eigenvalue weighted by Gasteiger charge is -2.16. The van der Waals surface area contributed by atoms with Gasteiger partial charge in [-0.05, 0) is 48.0 Å². The fraction of sp³-hybridized carbons (Fsp3) is 0.455. The van der Waals surface area contributed by atoms with E-state index in [9.17, 15) is 0 Å². The lowest BCUT2D eigenvalue weighted by atomic mass is 10.3. The minimum absolute atomic E-state index is 0.280. The van der Waals surface area contributed by atoms with Gasteiger partial charge < -0.3 is 10.1 Å². The summed E-state index contributed by atoms with van der Waals surface area (Å²) < 4.78 is 6.30. The van der Waals surface area contributed by atoms with Gasteiger partial charge in [-0.1, -0.05) is 11.6 Å². The summed E-state index contributed by atoms with van der Waals surface area (Å²) in [4.78, 5) is 0. The normalized spacial score (nSPS) is 12.5. The SMILES string of the molecule is CCOCC(C)Nc1ccc(Cl)cc1Br. The van der Waals surface area contributed by atoms with Crippen molar-refractivity contribution in [3.05, 3.63) is 27.7 Å². The summed E-state index contributed by atoms with van der Waals surface area (Å²) in [6.07, 6.45) is 0. The van der Waals surface area contributed by atoms with Gasteiger partial charge in [-0.3, -0.25) is 0 Å². The van der Waals surface area contributed by atoms with E-state index in [0.717, 1.165) is 21.8 Å². The van der Waals surface area contributed by atoms with E-state index in [1.54, 1.807) is 0 Å². The fourth-order valence-electron chi connectivity index (χ4n) is 1.21. The van der Waals surface area contributed by atoms with Crippen molar-refractivity contribution in [1.29, 1.82) is 0 Å². The lowest BCUT2D eigenvalue weighted by molar-refractivity contribution is 0.141. The molecule has 1 atom stereocenters. The van der Waals surface area contributed by atoms with Crippen LogP contribution in [0.15, 0.2) is 22.7 Å². The summed E-state index contributed by atoms with van der Waals surface area (Å²) in [5, 5.41) is 4.07. The zero-order valence-corrected chi connectivity index (χ0v) is 11.2. The molecule has 0 heterocycles. The first-order valence-corrected chi connectivity index (χ1v) is 6.10. The van der Waals surface area contributed by atoms with Crippen LogP contribution < -0.4 is 5.32 Å². The van der Waals surface area contributed by atoms with E-state index in [2.05, 4.69) is 28.2 Å². The van der Waals surface area contributed by atoms with Gasteiger partial charge >= 0.3 is 0 Å². The standard InChI is InChI=1S/C11H15BrClNO/c1-3-15-7-8(2)14-11-5-4-9(13)6-10(11)12/h4-6,8,14H,3,7H2,1-2H3. The first kappa shape index (κ1) is 12.8. The Morgan fingerprint density at radius 1 is 1.53 bits per heavy atom. The number of anilines is 1. The summed E-state index contributed by atoms with van der Waals surface area (Å²) in [6, 6.07) is 5.97. The maximum Gasteiger partial charge on any atom is 0.0664 e. The van der Waals surface area contributed by atoms with Crippen LogP contribution in [0.25, 0.3) is 0 Å². The smallest absolute Gasteiger partial charge is 0.0664 e. The highest BCUT2D eigenvalue weighted by molar-refractivity contribution is 9.10. The van der Waals surface area contributed by atoms with Crippen molar-refractivity contribution in [3.8, 4) is 0 Å². The van der Waals surface area contributed by atoms with E-state index < -0.39 is 0 Å². The molecule has 84 valence electrons. The quantitative estimate of drug-likeness (QED) is 0.887. The number of halogens is 2. The third kappa shape index (κ3) is 4.41. The maximum absolute atomic E-state index is 5.85. The number of hydrogen-bond donors (Lipinski definition) is 1. The first-order chi connectivity index (χ1) is 7.13. The van der Waals surface area contributed by atoms with Crippen LogP contribution >= 0.6 is 27.5 Å². The van der Waals surface area contributed by atoms with Crippen molar-refractivity contribution in [1.82, 2.24) is 0 Å².